The molecule has 12 heavy (non-hydrogen) atoms. The highest BCUT2D eigenvalue weighted by Gasteiger charge is 2.04. The van der Waals surface area contributed by atoms with Crippen LogP contribution in [0.15, 0.2) is 23.8 Å². The maximum absolute atomic E-state index is 8.45. The Balaban J connectivity index is 4.04. The zero-order chi connectivity index (χ0) is 9.40. The van der Waals surface area contributed by atoms with Gasteiger partial charge in [-0.3, -0.25) is 0 Å². The molecule has 0 aliphatic carbocycles. The monoisotopic (exact) mass is 172 g/mol. The van der Waals surface area contributed by atoms with E-state index in [0.29, 0.717) is 0 Å². The van der Waals surface area contributed by atoms with E-state index in [0.717, 1.165) is 5.57 Å². The highest BCUT2D eigenvalue weighted by molar-refractivity contribution is 5.12. The van der Waals surface area contributed by atoms with E-state index in [9.17, 15) is 0 Å². The van der Waals surface area contributed by atoms with Crippen molar-refractivity contribution in [3.05, 3.63) is 23.8 Å². The Morgan fingerprint density at radius 1 is 1.42 bits per heavy atom. The number of hydrogen-bond donors (Lipinski definition) is 1. The van der Waals surface area contributed by atoms with Gasteiger partial charge in [-0.1, -0.05) is 18.2 Å². The number of aliphatic hydroxyl groups is 1. The predicted molar refractivity (Wildman–Crippen MR) is 47.8 cm³/mol. The number of allylic oxidation sites excluding steroid dienone is 2. The van der Waals surface area contributed by atoms with E-state index in [4.69, 9.17) is 14.6 Å². The van der Waals surface area contributed by atoms with Crippen LogP contribution in [0.3, 0.4) is 0 Å². The van der Waals surface area contributed by atoms with Crippen molar-refractivity contribution in [1.82, 2.24) is 0 Å². The summed E-state index contributed by atoms with van der Waals surface area (Å²) in [5.41, 5.74) is 0.963. The molecule has 0 heterocycles. The molecule has 0 radical (unpaired) electrons. The minimum Gasteiger partial charge on any atom is -0.392 e. The van der Waals surface area contributed by atoms with Crippen LogP contribution in [-0.2, 0) is 9.47 Å². The third kappa shape index (κ3) is 4.28. The van der Waals surface area contributed by atoms with E-state index in [1.165, 1.54) is 0 Å². The van der Waals surface area contributed by atoms with Crippen LogP contribution in [0, 0.1) is 0 Å². The summed E-state index contributed by atoms with van der Waals surface area (Å²) in [6.07, 6.45) is 4.95. The average Bonchev–Trinajstić information content (AvgIpc) is 2.07. The molecule has 1 N–H and O–H groups in total. The lowest BCUT2D eigenvalue weighted by Crippen LogP contribution is -2.13. The van der Waals surface area contributed by atoms with Crippen LogP contribution in [0.1, 0.15) is 6.92 Å². The molecule has 70 valence electrons. The fourth-order valence-corrected chi connectivity index (χ4v) is 0.827. The van der Waals surface area contributed by atoms with Gasteiger partial charge in [0.05, 0.1) is 6.61 Å². The van der Waals surface area contributed by atoms with Gasteiger partial charge < -0.3 is 14.6 Å². The number of ether oxygens (including phenoxy) is 2. The van der Waals surface area contributed by atoms with E-state index >= 15 is 0 Å². The van der Waals surface area contributed by atoms with Gasteiger partial charge in [0, 0.05) is 14.2 Å². The van der Waals surface area contributed by atoms with E-state index in [1.54, 1.807) is 26.4 Å². The van der Waals surface area contributed by atoms with Crippen molar-refractivity contribution in [2.45, 2.75) is 13.2 Å². The minimum absolute atomic E-state index is 0.0500. The van der Waals surface area contributed by atoms with Crippen LogP contribution in [0.2, 0.25) is 0 Å². The fraction of sp³-hybridized carbons (Fsp3) is 0.556. The highest BCUT2D eigenvalue weighted by Crippen LogP contribution is 2.05. The molecule has 3 heteroatoms. The zero-order valence-electron chi connectivity index (χ0n) is 7.78. The normalized spacial score (nSPS) is 13.2. The molecular weight excluding hydrogens is 156 g/mol. The molecule has 0 amide bonds. The van der Waals surface area contributed by atoms with Gasteiger partial charge >= 0.3 is 0 Å². The van der Waals surface area contributed by atoms with Gasteiger partial charge in [-0.25, -0.2) is 0 Å². The molecule has 0 aromatic carbocycles. The topological polar surface area (TPSA) is 38.7 Å². The molecule has 0 aliphatic rings. The van der Waals surface area contributed by atoms with Crippen molar-refractivity contribution in [2.24, 2.45) is 0 Å². The first-order valence-electron chi connectivity index (χ1n) is 3.76. The largest absolute Gasteiger partial charge is 0.392 e. The lowest BCUT2D eigenvalue weighted by molar-refractivity contribution is -0.0746. The maximum atomic E-state index is 8.45. The Bertz CT molecular complexity index is 157. The summed E-state index contributed by atoms with van der Waals surface area (Å²) in [4.78, 5) is 0. The molecule has 0 fully saturated rings. The summed E-state index contributed by atoms with van der Waals surface area (Å²) in [7, 11) is 3.17. The van der Waals surface area contributed by atoms with E-state index in [2.05, 4.69) is 0 Å². The van der Waals surface area contributed by atoms with Crippen LogP contribution >= 0.6 is 0 Å². The molecule has 0 spiro atoms. The summed E-state index contributed by atoms with van der Waals surface area (Å²) in [5.74, 6) is 0. The van der Waals surface area contributed by atoms with Gasteiger partial charge in [0.15, 0.2) is 6.29 Å². The van der Waals surface area contributed by atoms with E-state index < -0.39 is 0 Å². The van der Waals surface area contributed by atoms with Gasteiger partial charge in [0.1, 0.15) is 0 Å². The fourth-order valence-electron chi connectivity index (χ4n) is 0.827. The maximum Gasteiger partial charge on any atom is 0.179 e. The summed E-state index contributed by atoms with van der Waals surface area (Å²) >= 11 is 0. The second-order valence-electron chi connectivity index (χ2n) is 2.32. The molecule has 0 aromatic rings. The first-order chi connectivity index (χ1) is 5.76. The summed E-state index contributed by atoms with van der Waals surface area (Å²) in [6.45, 7) is 1.95. The number of rotatable bonds is 5. The van der Waals surface area contributed by atoms with E-state index in [-0.39, 0.29) is 12.9 Å². The smallest absolute Gasteiger partial charge is 0.179 e. The van der Waals surface area contributed by atoms with Crippen molar-refractivity contribution in [2.75, 3.05) is 20.8 Å². The molecule has 0 aromatic heterocycles. The van der Waals surface area contributed by atoms with Crippen molar-refractivity contribution >= 4 is 0 Å². The Labute approximate surface area is 73.3 Å². The van der Waals surface area contributed by atoms with Gasteiger partial charge in [0.2, 0.25) is 0 Å². The summed E-state index contributed by atoms with van der Waals surface area (Å²) in [5, 5.41) is 8.45. The highest BCUT2D eigenvalue weighted by atomic mass is 16.7. The molecule has 3 nitrogen and oxygen atoms in total. The first kappa shape index (κ1) is 11.4. The Hall–Kier alpha value is -0.640. The Kier molecular flexibility index (Phi) is 6.66. The van der Waals surface area contributed by atoms with Crippen LogP contribution in [0.25, 0.3) is 0 Å². The number of hydrogen-bond acceptors (Lipinski definition) is 3. The first-order valence-corrected chi connectivity index (χ1v) is 3.76. The van der Waals surface area contributed by atoms with E-state index in [1.807, 2.05) is 13.0 Å². The minimum atomic E-state index is -0.298. The third-order valence-corrected chi connectivity index (χ3v) is 1.40. The number of aliphatic hydroxyl groups excluding tert-OH is 1. The van der Waals surface area contributed by atoms with Crippen LogP contribution in [-0.4, -0.2) is 32.2 Å². The van der Waals surface area contributed by atoms with Crippen molar-refractivity contribution in [3.63, 3.8) is 0 Å². The predicted octanol–water partition coefficient (Wildman–Crippen LogP) is 1.10. The quantitative estimate of drug-likeness (QED) is 0.498. The second kappa shape index (κ2) is 7.03. The Morgan fingerprint density at radius 3 is 2.42 bits per heavy atom. The summed E-state index contributed by atoms with van der Waals surface area (Å²) in [6, 6.07) is 0. The SMILES string of the molecule is COC(OC)C(C)=CC=CCO. The molecule has 0 aliphatic heterocycles. The Morgan fingerprint density at radius 2 is 2.00 bits per heavy atom. The average molecular weight is 172 g/mol. The molecule has 0 saturated carbocycles. The van der Waals surface area contributed by atoms with Gasteiger partial charge in [-0.05, 0) is 12.5 Å². The number of methoxy groups -OCH3 is 2. The van der Waals surface area contributed by atoms with Crippen LogP contribution in [0.5, 0.6) is 0 Å². The van der Waals surface area contributed by atoms with Crippen molar-refractivity contribution in [3.8, 4) is 0 Å². The van der Waals surface area contributed by atoms with Gasteiger partial charge in [-0.2, -0.15) is 0 Å². The van der Waals surface area contributed by atoms with Gasteiger partial charge in [-0.15, -0.1) is 0 Å². The molecule has 0 rings (SSSR count). The summed E-state index contributed by atoms with van der Waals surface area (Å²) < 4.78 is 10.0. The standard InChI is InChI=1S/C9H16O3/c1-8(6-4-5-7-10)9(11-2)12-3/h4-6,9-10H,7H2,1-3H3. The molecule has 0 atom stereocenters. The van der Waals surface area contributed by atoms with Crippen LogP contribution < -0.4 is 0 Å². The molecule has 0 saturated heterocycles. The van der Waals surface area contributed by atoms with Crippen molar-refractivity contribution < 1.29 is 14.6 Å². The molecular formula is C9H16O3. The lowest BCUT2D eigenvalue weighted by atomic mass is 10.2. The molecule has 0 unspecified atom stereocenters. The third-order valence-electron chi connectivity index (χ3n) is 1.40. The van der Waals surface area contributed by atoms with Gasteiger partial charge in [0.25, 0.3) is 0 Å². The van der Waals surface area contributed by atoms with Crippen molar-refractivity contribution in [1.29, 1.82) is 0 Å². The second-order valence-corrected chi connectivity index (χ2v) is 2.32. The molecule has 0 bridgehead atoms. The lowest BCUT2D eigenvalue weighted by Gasteiger charge is -2.12. The zero-order valence-corrected chi connectivity index (χ0v) is 7.78. The van der Waals surface area contributed by atoms with Crippen LogP contribution in [0.4, 0.5) is 0 Å².